The minimum atomic E-state index is -0.379. The van der Waals surface area contributed by atoms with Crippen LogP contribution >= 0.6 is 23.2 Å². The van der Waals surface area contributed by atoms with Crippen LogP contribution in [0.15, 0.2) is 18.2 Å². The third-order valence-electron chi connectivity index (χ3n) is 6.02. The van der Waals surface area contributed by atoms with Gasteiger partial charge in [0.15, 0.2) is 0 Å². The Hall–Kier alpha value is -0.930. The van der Waals surface area contributed by atoms with Crippen LogP contribution in [0.1, 0.15) is 38.5 Å². The third-order valence-corrected chi connectivity index (χ3v) is 6.76. The zero-order chi connectivity index (χ0) is 15.3. The van der Waals surface area contributed by atoms with E-state index in [1.807, 2.05) is 0 Å². The highest BCUT2D eigenvalue weighted by Gasteiger charge is 2.62. The molecule has 118 valence electrons. The number of hydrogen-bond donors (Lipinski definition) is 1. The van der Waals surface area contributed by atoms with Gasteiger partial charge in [0.2, 0.25) is 0 Å². The number of carbonyl (C=O) groups is 1. The lowest BCUT2D eigenvalue weighted by Crippen LogP contribution is -2.36. The fraction of sp³-hybridized carbons (Fsp3) is 0.588. The lowest BCUT2D eigenvalue weighted by atomic mass is 9.78. The molecule has 22 heavy (non-hydrogen) atoms. The van der Waals surface area contributed by atoms with E-state index in [9.17, 15) is 4.79 Å². The molecule has 1 amide bonds. The molecule has 2 bridgehead atoms. The molecule has 3 fully saturated rings. The summed E-state index contributed by atoms with van der Waals surface area (Å²) in [6.07, 6.45) is 7.12. The zero-order valence-corrected chi connectivity index (χ0v) is 13.8. The lowest BCUT2D eigenvalue weighted by molar-refractivity contribution is 0.0173. The highest BCUT2D eigenvalue weighted by molar-refractivity contribution is 6.42. The topological polar surface area (TPSA) is 38.3 Å². The van der Waals surface area contributed by atoms with Crippen molar-refractivity contribution in [2.75, 3.05) is 5.32 Å². The van der Waals surface area contributed by atoms with Gasteiger partial charge in [-0.2, -0.15) is 0 Å². The fourth-order valence-corrected chi connectivity index (χ4v) is 5.46. The quantitative estimate of drug-likeness (QED) is 0.771. The molecule has 1 N–H and O–H groups in total. The minimum absolute atomic E-state index is 0.0847. The number of benzene rings is 1. The van der Waals surface area contributed by atoms with Gasteiger partial charge < -0.3 is 4.74 Å². The molecule has 0 spiro atoms. The number of rotatable bonds is 2. The lowest BCUT2D eigenvalue weighted by Gasteiger charge is -2.33. The van der Waals surface area contributed by atoms with Gasteiger partial charge in [-0.15, -0.1) is 0 Å². The van der Waals surface area contributed by atoms with E-state index in [1.165, 1.54) is 32.1 Å². The first-order valence-corrected chi connectivity index (χ1v) is 8.77. The summed E-state index contributed by atoms with van der Waals surface area (Å²) in [4.78, 5) is 12.2. The summed E-state index contributed by atoms with van der Waals surface area (Å²) in [6, 6.07) is 5.04. The van der Waals surface area contributed by atoms with Gasteiger partial charge in [-0.05, 0) is 62.1 Å². The van der Waals surface area contributed by atoms with Gasteiger partial charge in [-0.3, -0.25) is 5.32 Å². The van der Waals surface area contributed by atoms with Crippen molar-refractivity contribution < 1.29 is 9.53 Å². The van der Waals surface area contributed by atoms with Crippen LogP contribution in [0.2, 0.25) is 10.0 Å². The van der Waals surface area contributed by atoms with Crippen molar-refractivity contribution in [3.8, 4) is 0 Å². The van der Waals surface area contributed by atoms with E-state index in [1.54, 1.807) is 18.2 Å². The van der Waals surface area contributed by atoms with Crippen molar-refractivity contribution in [3.05, 3.63) is 28.2 Å². The maximum Gasteiger partial charge on any atom is 0.411 e. The summed E-state index contributed by atoms with van der Waals surface area (Å²) in [7, 11) is 0. The summed E-state index contributed by atoms with van der Waals surface area (Å²) in [5.74, 6) is 1.56. The Morgan fingerprint density at radius 1 is 1.23 bits per heavy atom. The minimum Gasteiger partial charge on any atom is -0.445 e. The predicted octanol–water partition coefficient (Wildman–Crippen LogP) is 5.51. The molecule has 0 unspecified atom stereocenters. The van der Waals surface area contributed by atoms with Crippen LogP contribution in [-0.4, -0.2) is 12.2 Å². The fourth-order valence-electron chi connectivity index (χ4n) is 5.16. The van der Waals surface area contributed by atoms with Crippen molar-refractivity contribution in [3.63, 3.8) is 0 Å². The molecule has 0 aromatic heterocycles. The number of ether oxygens (including phenoxy) is 1. The number of nitrogens with one attached hydrogen (secondary N) is 1. The predicted molar refractivity (Wildman–Crippen MR) is 87.5 cm³/mol. The van der Waals surface area contributed by atoms with E-state index in [4.69, 9.17) is 27.9 Å². The first-order valence-electron chi connectivity index (χ1n) is 8.01. The smallest absolute Gasteiger partial charge is 0.411 e. The largest absolute Gasteiger partial charge is 0.445 e. The van der Waals surface area contributed by atoms with Crippen molar-refractivity contribution >= 4 is 35.0 Å². The Balaban J connectivity index is 1.43. The Morgan fingerprint density at radius 3 is 2.91 bits per heavy atom. The summed E-state index contributed by atoms with van der Waals surface area (Å²) in [6.45, 7) is 0. The summed E-state index contributed by atoms with van der Waals surface area (Å²) >= 11 is 11.8. The maximum atomic E-state index is 12.2. The van der Waals surface area contributed by atoms with Gasteiger partial charge in [0, 0.05) is 11.1 Å². The second-order valence-corrected chi connectivity index (χ2v) is 7.73. The molecule has 0 saturated heterocycles. The van der Waals surface area contributed by atoms with Crippen molar-refractivity contribution in [2.24, 2.45) is 17.3 Å². The van der Waals surface area contributed by atoms with Crippen LogP contribution in [0.4, 0.5) is 10.5 Å². The number of amides is 1. The number of carbonyl (C=O) groups excluding carboxylic acids is 1. The molecule has 1 aromatic carbocycles. The van der Waals surface area contributed by atoms with E-state index in [0.717, 1.165) is 18.3 Å². The van der Waals surface area contributed by atoms with Gasteiger partial charge in [0.1, 0.15) is 6.10 Å². The monoisotopic (exact) mass is 339 g/mol. The zero-order valence-electron chi connectivity index (χ0n) is 12.3. The van der Waals surface area contributed by atoms with E-state index in [-0.39, 0.29) is 17.6 Å². The highest BCUT2D eigenvalue weighted by Crippen LogP contribution is 2.66. The molecule has 4 atom stereocenters. The van der Waals surface area contributed by atoms with Crippen LogP contribution in [0.25, 0.3) is 0 Å². The molecule has 3 aliphatic rings. The van der Waals surface area contributed by atoms with E-state index >= 15 is 0 Å². The van der Waals surface area contributed by atoms with E-state index < -0.39 is 0 Å². The summed E-state index contributed by atoms with van der Waals surface area (Å²) in [5, 5.41) is 3.67. The molecule has 0 radical (unpaired) electrons. The molecule has 3 saturated carbocycles. The SMILES string of the molecule is O=C(Nc1ccc(Cl)c(Cl)c1)O[C@H]1C[C@H]2CC[C@]13CCC[C@@H]23. The maximum absolute atomic E-state index is 12.2. The number of anilines is 1. The molecule has 3 aliphatic carbocycles. The van der Waals surface area contributed by atoms with Crippen LogP contribution in [-0.2, 0) is 4.74 Å². The first-order chi connectivity index (χ1) is 10.6. The van der Waals surface area contributed by atoms with Crippen LogP contribution in [0.5, 0.6) is 0 Å². The van der Waals surface area contributed by atoms with Gasteiger partial charge in [-0.25, -0.2) is 4.79 Å². The van der Waals surface area contributed by atoms with Crippen molar-refractivity contribution in [2.45, 2.75) is 44.6 Å². The Kier molecular flexibility index (Phi) is 3.54. The van der Waals surface area contributed by atoms with Gasteiger partial charge in [0.05, 0.1) is 10.0 Å². The van der Waals surface area contributed by atoms with Gasteiger partial charge in [-0.1, -0.05) is 29.6 Å². The van der Waals surface area contributed by atoms with E-state index in [0.29, 0.717) is 15.7 Å². The Bertz CT molecular complexity index is 617. The molecule has 5 heteroatoms. The number of hydrogen-bond acceptors (Lipinski definition) is 2. The molecule has 0 heterocycles. The van der Waals surface area contributed by atoms with Crippen molar-refractivity contribution in [1.82, 2.24) is 0 Å². The summed E-state index contributed by atoms with van der Waals surface area (Å²) < 4.78 is 5.80. The standard InChI is InChI=1S/C17H19Cl2NO2/c18-13-4-3-11(9-14(13)19)20-16(21)22-15-8-10-5-7-17(15)6-1-2-12(10)17/h3-4,9-10,12,15H,1-2,5-8H2,(H,20,21)/t10-,12+,15+,17+/m1/s1. The highest BCUT2D eigenvalue weighted by atomic mass is 35.5. The molecular formula is C17H19Cl2NO2. The first kappa shape index (κ1) is 14.6. The van der Waals surface area contributed by atoms with Crippen LogP contribution < -0.4 is 5.32 Å². The van der Waals surface area contributed by atoms with E-state index in [2.05, 4.69) is 5.32 Å². The van der Waals surface area contributed by atoms with Crippen LogP contribution in [0, 0.1) is 17.3 Å². The average Bonchev–Trinajstić information content (AvgIpc) is 3.10. The second kappa shape index (κ2) is 5.31. The van der Waals surface area contributed by atoms with Gasteiger partial charge >= 0.3 is 6.09 Å². The second-order valence-electron chi connectivity index (χ2n) is 6.91. The molecule has 4 rings (SSSR count). The van der Waals surface area contributed by atoms with Crippen molar-refractivity contribution in [1.29, 1.82) is 0 Å². The summed E-state index contributed by atoms with van der Waals surface area (Å²) in [5.41, 5.74) is 0.891. The molecule has 1 aromatic rings. The van der Waals surface area contributed by atoms with Crippen LogP contribution in [0.3, 0.4) is 0 Å². The molecular weight excluding hydrogens is 321 g/mol. The average molecular weight is 340 g/mol. The van der Waals surface area contributed by atoms with Gasteiger partial charge in [0.25, 0.3) is 0 Å². The Labute approximate surface area is 140 Å². The number of halogens is 2. The molecule has 0 aliphatic heterocycles. The third kappa shape index (κ3) is 2.21. The Morgan fingerprint density at radius 2 is 2.09 bits per heavy atom. The normalized spacial score (nSPS) is 35.5. The molecule has 3 nitrogen and oxygen atoms in total.